The average Bonchev–Trinajstić information content (AvgIpc) is 2.31. The molecular weight excluding hydrogens is 218 g/mol. The highest BCUT2D eigenvalue weighted by atomic mass is 32.2. The number of hydrogen-bond acceptors (Lipinski definition) is 3. The SMILES string of the molecule is CCCC1CC(NC2CCSCC2)CCO1. The summed E-state index contributed by atoms with van der Waals surface area (Å²) < 4.78 is 5.79. The van der Waals surface area contributed by atoms with Crippen LogP contribution in [-0.2, 0) is 4.74 Å². The minimum atomic E-state index is 0.522. The van der Waals surface area contributed by atoms with Gasteiger partial charge in [-0.1, -0.05) is 13.3 Å². The molecule has 0 aromatic rings. The molecule has 0 radical (unpaired) electrons. The number of thioether (sulfide) groups is 1. The molecule has 1 N–H and O–H groups in total. The van der Waals surface area contributed by atoms with Crippen molar-refractivity contribution < 1.29 is 4.74 Å². The van der Waals surface area contributed by atoms with Gasteiger partial charge < -0.3 is 10.1 Å². The van der Waals surface area contributed by atoms with Crippen molar-refractivity contribution in [3.63, 3.8) is 0 Å². The lowest BCUT2D eigenvalue weighted by Gasteiger charge is -2.34. The van der Waals surface area contributed by atoms with Crippen molar-refractivity contribution in [2.75, 3.05) is 18.1 Å². The standard InChI is InChI=1S/C13H25NOS/c1-2-3-13-10-12(4-7-15-13)14-11-5-8-16-9-6-11/h11-14H,2-10H2,1H3. The fraction of sp³-hybridized carbons (Fsp3) is 1.00. The summed E-state index contributed by atoms with van der Waals surface area (Å²) in [7, 11) is 0. The molecule has 0 aromatic carbocycles. The minimum Gasteiger partial charge on any atom is -0.378 e. The van der Waals surface area contributed by atoms with E-state index < -0.39 is 0 Å². The van der Waals surface area contributed by atoms with Gasteiger partial charge in [-0.2, -0.15) is 11.8 Å². The van der Waals surface area contributed by atoms with Crippen LogP contribution in [0.2, 0.25) is 0 Å². The highest BCUT2D eigenvalue weighted by molar-refractivity contribution is 7.99. The summed E-state index contributed by atoms with van der Waals surface area (Å²) in [6, 6.07) is 1.50. The summed E-state index contributed by atoms with van der Waals surface area (Å²) >= 11 is 2.10. The molecule has 2 saturated heterocycles. The van der Waals surface area contributed by atoms with Gasteiger partial charge in [-0.3, -0.25) is 0 Å². The van der Waals surface area contributed by atoms with Crippen molar-refractivity contribution in [3.05, 3.63) is 0 Å². The molecular formula is C13H25NOS. The Morgan fingerprint density at radius 2 is 2.00 bits per heavy atom. The molecule has 16 heavy (non-hydrogen) atoms. The Kier molecular flexibility index (Phi) is 5.46. The molecule has 0 aromatic heterocycles. The Balaban J connectivity index is 1.71. The van der Waals surface area contributed by atoms with Crippen molar-refractivity contribution in [1.29, 1.82) is 0 Å². The smallest absolute Gasteiger partial charge is 0.0589 e. The lowest BCUT2D eigenvalue weighted by molar-refractivity contribution is -0.00516. The maximum absolute atomic E-state index is 5.79. The van der Waals surface area contributed by atoms with E-state index in [2.05, 4.69) is 24.0 Å². The van der Waals surface area contributed by atoms with Gasteiger partial charge in [0, 0.05) is 18.7 Å². The topological polar surface area (TPSA) is 21.3 Å². The lowest BCUT2D eigenvalue weighted by atomic mass is 9.98. The largest absolute Gasteiger partial charge is 0.378 e. The quantitative estimate of drug-likeness (QED) is 0.820. The summed E-state index contributed by atoms with van der Waals surface area (Å²) in [6.07, 6.45) is 8.17. The molecule has 0 spiro atoms. The Bertz CT molecular complexity index is 192. The molecule has 2 heterocycles. The van der Waals surface area contributed by atoms with E-state index >= 15 is 0 Å². The number of nitrogens with one attached hydrogen (secondary N) is 1. The van der Waals surface area contributed by atoms with Crippen molar-refractivity contribution in [3.8, 4) is 0 Å². The van der Waals surface area contributed by atoms with Gasteiger partial charge in [0.1, 0.15) is 0 Å². The molecule has 2 nitrogen and oxygen atoms in total. The first-order chi connectivity index (χ1) is 7.88. The summed E-state index contributed by atoms with van der Waals surface area (Å²) in [5.74, 6) is 2.69. The molecule has 2 fully saturated rings. The van der Waals surface area contributed by atoms with Crippen LogP contribution in [0.15, 0.2) is 0 Å². The van der Waals surface area contributed by atoms with E-state index in [1.54, 1.807) is 0 Å². The molecule has 0 bridgehead atoms. The Labute approximate surface area is 104 Å². The van der Waals surface area contributed by atoms with Crippen LogP contribution in [0.4, 0.5) is 0 Å². The normalized spacial score (nSPS) is 32.8. The second-order valence-electron chi connectivity index (χ2n) is 5.06. The van der Waals surface area contributed by atoms with Gasteiger partial charge in [-0.05, 0) is 43.6 Å². The zero-order chi connectivity index (χ0) is 11.2. The summed E-state index contributed by atoms with van der Waals surface area (Å²) in [5.41, 5.74) is 0. The van der Waals surface area contributed by atoms with E-state index in [4.69, 9.17) is 4.74 Å². The molecule has 0 amide bonds. The van der Waals surface area contributed by atoms with Crippen molar-refractivity contribution >= 4 is 11.8 Å². The van der Waals surface area contributed by atoms with Crippen LogP contribution in [0.1, 0.15) is 45.4 Å². The monoisotopic (exact) mass is 243 g/mol. The first-order valence-electron chi connectivity index (χ1n) is 6.84. The van der Waals surface area contributed by atoms with E-state index in [1.807, 2.05) is 0 Å². The van der Waals surface area contributed by atoms with E-state index in [-0.39, 0.29) is 0 Å². The third kappa shape index (κ3) is 3.94. The lowest BCUT2D eigenvalue weighted by Crippen LogP contribution is -2.45. The average molecular weight is 243 g/mol. The summed E-state index contributed by atoms with van der Waals surface area (Å²) in [5, 5.41) is 3.85. The van der Waals surface area contributed by atoms with Crippen molar-refractivity contribution in [2.45, 2.75) is 63.6 Å². The predicted octanol–water partition coefficient (Wildman–Crippen LogP) is 2.82. The number of rotatable bonds is 4. The summed E-state index contributed by atoms with van der Waals surface area (Å²) in [4.78, 5) is 0. The molecule has 3 heteroatoms. The second kappa shape index (κ2) is 6.87. The minimum absolute atomic E-state index is 0.522. The Hall–Kier alpha value is 0.270. The zero-order valence-corrected chi connectivity index (χ0v) is 11.2. The van der Waals surface area contributed by atoms with Crippen LogP contribution in [0.5, 0.6) is 0 Å². The van der Waals surface area contributed by atoms with Crippen LogP contribution in [-0.4, -0.2) is 36.3 Å². The van der Waals surface area contributed by atoms with E-state index in [0.29, 0.717) is 6.10 Å². The molecule has 2 aliphatic rings. The summed E-state index contributed by atoms with van der Waals surface area (Å²) in [6.45, 7) is 3.21. The molecule has 2 rings (SSSR count). The predicted molar refractivity (Wildman–Crippen MR) is 71.2 cm³/mol. The highest BCUT2D eigenvalue weighted by Gasteiger charge is 2.24. The van der Waals surface area contributed by atoms with Crippen LogP contribution in [0, 0.1) is 0 Å². The van der Waals surface area contributed by atoms with Gasteiger partial charge in [-0.25, -0.2) is 0 Å². The van der Waals surface area contributed by atoms with E-state index in [1.165, 1.54) is 50.0 Å². The van der Waals surface area contributed by atoms with Gasteiger partial charge in [0.15, 0.2) is 0 Å². The van der Waals surface area contributed by atoms with Crippen LogP contribution >= 0.6 is 11.8 Å². The van der Waals surface area contributed by atoms with Crippen molar-refractivity contribution in [2.24, 2.45) is 0 Å². The van der Waals surface area contributed by atoms with Crippen LogP contribution < -0.4 is 5.32 Å². The number of hydrogen-bond donors (Lipinski definition) is 1. The zero-order valence-electron chi connectivity index (χ0n) is 10.4. The van der Waals surface area contributed by atoms with Gasteiger partial charge in [0.25, 0.3) is 0 Å². The molecule has 94 valence electrons. The second-order valence-corrected chi connectivity index (χ2v) is 6.28. The third-order valence-electron chi connectivity index (χ3n) is 3.67. The Morgan fingerprint density at radius 3 is 2.75 bits per heavy atom. The molecule has 0 saturated carbocycles. The fourth-order valence-electron chi connectivity index (χ4n) is 2.75. The van der Waals surface area contributed by atoms with E-state index in [0.717, 1.165) is 18.7 Å². The maximum atomic E-state index is 5.79. The molecule has 2 unspecified atom stereocenters. The molecule has 2 atom stereocenters. The van der Waals surface area contributed by atoms with Crippen LogP contribution in [0.3, 0.4) is 0 Å². The maximum Gasteiger partial charge on any atom is 0.0589 e. The fourth-order valence-corrected chi connectivity index (χ4v) is 3.86. The Morgan fingerprint density at radius 1 is 1.19 bits per heavy atom. The van der Waals surface area contributed by atoms with Gasteiger partial charge >= 0.3 is 0 Å². The van der Waals surface area contributed by atoms with Gasteiger partial charge in [0.05, 0.1) is 6.10 Å². The first-order valence-corrected chi connectivity index (χ1v) is 7.99. The van der Waals surface area contributed by atoms with Gasteiger partial charge in [0.2, 0.25) is 0 Å². The van der Waals surface area contributed by atoms with Crippen molar-refractivity contribution in [1.82, 2.24) is 5.32 Å². The molecule has 2 aliphatic heterocycles. The van der Waals surface area contributed by atoms with Crippen LogP contribution in [0.25, 0.3) is 0 Å². The molecule has 0 aliphatic carbocycles. The number of ether oxygens (including phenoxy) is 1. The first kappa shape index (κ1) is 12.7. The third-order valence-corrected chi connectivity index (χ3v) is 4.72. The highest BCUT2D eigenvalue weighted by Crippen LogP contribution is 2.22. The van der Waals surface area contributed by atoms with Gasteiger partial charge in [-0.15, -0.1) is 0 Å². The van der Waals surface area contributed by atoms with E-state index in [9.17, 15) is 0 Å².